The van der Waals surface area contributed by atoms with E-state index in [1.807, 2.05) is 37.9 Å². The quantitative estimate of drug-likeness (QED) is 0.499. The third-order valence-electron chi connectivity index (χ3n) is 8.52. The topological polar surface area (TPSA) is 72.1 Å². The largest absolute Gasteiger partial charge is 0.444 e. The van der Waals surface area contributed by atoms with Crippen molar-refractivity contribution in [1.29, 1.82) is 0 Å². The van der Waals surface area contributed by atoms with Gasteiger partial charge in [-0.2, -0.15) is 0 Å². The summed E-state index contributed by atoms with van der Waals surface area (Å²) in [4.78, 5) is 39.3. The van der Waals surface area contributed by atoms with E-state index in [9.17, 15) is 9.59 Å². The molecule has 2 amide bonds. The Labute approximate surface area is 236 Å². The zero-order chi connectivity index (χ0) is 27.9. The summed E-state index contributed by atoms with van der Waals surface area (Å²) < 4.78 is 5.68. The van der Waals surface area contributed by atoms with Gasteiger partial charge in [0.05, 0.1) is 6.04 Å². The monoisotopic (exact) mass is 543 g/mol. The summed E-state index contributed by atoms with van der Waals surface area (Å²) in [6, 6.07) is 16.5. The molecule has 6 rings (SSSR count). The van der Waals surface area contributed by atoms with Gasteiger partial charge < -0.3 is 19.5 Å². The number of aryl methyl sites for hydroxylation is 1. The van der Waals surface area contributed by atoms with Crippen molar-refractivity contribution in [3.8, 4) is 0 Å². The molecule has 8 nitrogen and oxygen atoms in total. The van der Waals surface area contributed by atoms with E-state index in [1.54, 1.807) is 4.90 Å². The number of fused-ring (bicyclic) bond motifs is 2. The molecule has 2 fully saturated rings. The molecule has 8 heteroatoms. The maximum atomic E-state index is 14.3. The summed E-state index contributed by atoms with van der Waals surface area (Å²) >= 11 is 0. The molecule has 1 aromatic heterocycles. The number of H-pyrrole nitrogens is 1. The highest BCUT2D eigenvalue weighted by atomic mass is 16.6. The van der Waals surface area contributed by atoms with Gasteiger partial charge in [0.2, 0.25) is 5.91 Å². The summed E-state index contributed by atoms with van der Waals surface area (Å²) in [5.74, 6) is 0.0262. The van der Waals surface area contributed by atoms with Crippen molar-refractivity contribution < 1.29 is 14.3 Å². The Balaban J connectivity index is 1.18. The number of nitrogens with one attached hydrogen (secondary N) is 1. The summed E-state index contributed by atoms with van der Waals surface area (Å²) in [5, 5.41) is 1.27. The van der Waals surface area contributed by atoms with Crippen molar-refractivity contribution in [2.75, 3.05) is 49.1 Å². The van der Waals surface area contributed by atoms with Crippen LogP contribution in [0.5, 0.6) is 0 Å². The minimum absolute atomic E-state index is 0.0262. The molecule has 3 aliphatic heterocycles. The number of likely N-dealkylation sites (tertiary alicyclic amines) is 1. The highest BCUT2D eigenvalue weighted by Gasteiger charge is 2.42. The van der Waals surface area contributed by atoms with Crippen LogP contribution in [0.4, 0.5) is 16.2 Å². The first-order valence-corrected chi connectivity index (χ1v) is 14.7. The number of rotatable bonds is 4. The van der Waals surface area contributed by atoms with Gasteiger partial charge in [0.15, 0.2) is 0 Å². The molecule has 2 aromatic carbocycles. The van der Waals surface area contributed by atoms with E-state index in [1.165, 1.54) is 22.2 Å². The standard InChI is InChI=1S/C32H41N5O3/c1-32(2,3)40-31(39)36-17-7-12-29(36)30(38)37-24(14-13-23-8-4-5-10-27(23)37)22-34-18-20-35(21-19-34)28-11-6-9-26-25(28)15-16-33-26/h4-6,8-11,15-16,24,29,33H,7,12-14,17-22H2,1-3H3/t24?,29-/m1/s1. The fraction of sp³-hybridized carbons (Fsp3) is 0.500. The van der Waals surface area contributed by atoms with Gasteiger partial charge in [-0.1, -0.05) is 24.3 Å². The van der Waals surface area contributed by atoms with Gasteiger partial charge in [-0.05, 0) is 76.3 Å². The van der Waals surface area contributed by atoms with Crippen LogP contribution in [0.25, 0.3) is 10.9 Å². The summed E-state index contributed by atoms with van der Waals surface area (Å²) in [7, 11) is 0. The van der Waals surface area contributed by atoms with E-state index in [0.29, 0.717) is 13.0 Å². The summed E-state index contributed by atoms with van der Waals surface area (Å²) in [6.45, 7) is 10.8. The Bertz CT molecular complexity index is 1370. The Morgan fingerprint density at radius 3 is 2.50 bits per heavy atom. The normalized spacial score (nSPS) is 22.0. The second-order valence-electron chi connectivity index (χ2n) is 12.4. The Hall–Kier alpha value is -3.52. The Morgan fingerprint density at radius 1 is 0.925 bits per heavy atom. The minimum atomic E-state index is -0.595. The first kappa shape index (κ1) is 26.7. The van der Waals surface area contributed by atoms with Crippen LogP contribution in [-0.2, 0) is 16.0 Å². The maximum Gasteiger partial charge on any atom is 0.410 e. The first-order valence-electron chi connectivity index (χ1n) is 14.7. The molecule has 0 bridgehead atoms. The minimum Gasteiger partial charge on any atom is -0.444 e. The van der Waals surface area contributed by atoms with Crippen molar-refractivity contribution in [2.24, 2.45) is 0 Å². The van der Waals surface area contributed by atoms with Crippen molar-refractivity contribution in [3.63, 3.8) is 0 Å². The predicted octanol–water partition coefficient (Wildman–Crippen LogP) is 5.04. The van der Waals surface area contributed by atoms with E-state index >= 15 is 0 Å². The molecule has 2 atom stereocenters. The Kier molecular flexibility index (Phi) is 7.21. The molecule has 40 heavy (non-hydrogen) atoms. The van der Waals surface area contributed by atoms with Crippen molar-refractivity contribution >= 4 is 34.3 Å². The number of carbonyl (C=O) groups is 2. The highest BCUT2D eigenvalue weighted by Crippen LogP contribution is 2.34. The molecule has 0 spiro atoms. The van der Waals surface area contributed by atoms with Crippen molar-refractivity contribution in [2.45, 2.75) is 64.1 Å². The smallest absolute Gasteiger partial charge is 0.410 e. The zero-order valence-electron chi connectivity index (χ0n) is 23.9. The van der Waals surface area contributed by atoms with E-state index in [-0.39, 0.29) is 11.9 Å². The van der Waals surface area contributed by atoms with Gasteiger partial charge in [-0.3, -0.25) is 14.6 Å². The second-order valence-corrected chi connectivity index (χ2v) is 12.4. The molecule has 1 N–H and O–H groups in total. The molecular formula is C32H41N5O3. The maximum absolute atomic E-state index is 14.3. The molecule has 2 saturated heterocycles. The number of para-hydroxylation sites is 1. The lowest BCUT2D eigenvalue weighted by Gasteiger charge is -2.44. The average molecular weight is 544 g/mol. The number of carbonyl (C=O) groups excluding carboxylic acids is 2. The lowest BCUT2D eigenvalue weighted by atomic mass is 9.94. The van der Waals surface area contributed by atoms with Gasteiger partial charge in [-0.15, -0.1) is 0 Å². The van der Waals surface area contributed by atoms with E-state index < -0.39 is 17.7 Å². The predicted molar refractivity (Wildman–Crippen MR) is 159 cm³/mol. The van der Waals surface area contributed by atoms with Crippen LogP contribution < -0.4 is 9.80 Å². The van der Waals surface area contributed by atoms with Crippen molar-refractivity contribution in [3.05, 3.63) is 60.3 Å². The highest BCUT2D eigenvalue weighted by molar-refractivity contribution is 6.00. The number of hydrogen-bond donors (Lipinski definition) is 1. The third kappa shape index (κ3) is 5.29. The molecule has 1 unspecified atom stereocenters. The van der Waals surface area contributed by atoms with Crippen LogP contribution in [-0.4, -0.2) is 83.7 Å². The fourth-order valence-electron chi connectivity index (χ4n) is 6.61. The van der Waals surface area contributed by atoms with Gasteiger partial charge in [-0.25, -0.2) is 4.79 Å². The lowest BCUT2D eigenvalue weighted by molar-refractivity contribution is -0.123. The first-order chi connectivity index (χ1) is 19.3. The number of aromatic nitrogens is 1. The number of hydrogen-bond acceptors (Lipinski definition) is 5. The van der Waals surface area contributed by atoms with E-state index in [4.69, 9.17) is 4.74 Å². The SMILES string of the molecule is CC(C)(C)OC(=O)N1CCC[C@@H]1C(=O)N1c2ccccc2CCC1CN1CCN(c2cccc3[nH]ccc23)CC1. The fourth-order valence-corrected chi connectivity index (χ4v) is 6.61. The molecule has 0 saturated carbocycles. The number of nitrogens with zero attached hydrogens (tertiary/aromatic N) is 4. The molecule has 3 aliphatic rings. The average Bonchev–Trinajstić information content (AvgIpc) is 3.62. The van der Waals surface area contributed by atoms with Crippen LogP contribution in [0.1, 0.15) is 45.6 Å². The third-order valence-corrected chi connectivity index (χ3v) is 8.52. The summed E-state index contributed by atoms with van der Waals surface area (Å²) in [6.07, 6.45) is 4.98. The number of piperazine rings is 1. The zero-order valence-corrected chi connectivity index (χ0v) is 23.9. The number of amides is 2. The van der Waals surface area contributed by atoms with Crippen LogP contribution in [0.15, 0.2) is 54.7 Å². The van der Waals surface area contributed by atoms with Gasteiger partial charge >= 0.3 is 6.09 Å². The van der Waals surface area contributed by atoms with Gasteiger partial charge in [0.25, 0.3) is 0 Å². The Morgan fingerprint density at radius 2 is 1.70 bits per heavy atom. The van der Waals surface area contributed by atoms with Crippen LogP contribution >= 0.6 is 0 Å². The molecule has 0 radical (unpaired) electrons. The molecule has 212 valence electrons. The van der Waals surface area contributed by atoms with Crippen molar-refractivity contribution in [1.82, 2.24) is 14.8 Å². The summed E-state index contributed by atoms with van der Waals surface area (Å²) in [5.41, 5.74) is 4.06. The molecule has 3 aromatic rings. The number of anilines is 2. The molecular weight excluding hydrogens is 502 g/mol. The number of aromatic amines is 1. The van der Waals surface area contributed by atoms with E-state index in [0.717, 1.165) is 57.7 Å². The number of benzene rings is 2. The van der Waals surface area contributed by atoms with Crippen LogP contribution in [0.2, 0.25) is 0 Å². The number of ether oxygens (including phenoxy) is 1. The second kappa shape index (κ2) is 10.8. The molecule has 4 heterocycles. The van der Waals surface area contributed by atoms with Gasteiger partial charge in [0.1, 0.15) is 11.6 Å². The van der Waals surface area contributed by atoms with Crippen LogP contribution in [0.3, 0.4) is 0 Å². The van der Waals surface area contributed by atoms with E-state index in [2.05, 4.69) is 57.2 Å². The van der Waals surface area contributed by atoms with Gasteiger partial charge in [0, 0.05) is 67.7 Å². The van der Waals surface area contributed by atoms with Crippen LogP contribution in [0, 0.1) is 0 Å². The molecule has 0 aliphatic carbocycles. The lowest BCUT2D eigenvalue weighted by Crippen LogP contribution is -2.57.